The van der Waals surface area contributed by atoms with E-state index >= 15 is 0 Å². The van der Waals surface area contributed by atoms with Crippen molar-refractivity contribution in [2.45, 2.75) is 42.6 Å². The van der Waals surface area contributed by atoms with Crippen molar-refractivity contribution in [2.24, 2.45) is 0 Å². The third kappa shape index (κ3) is 4.96. The van der Waals surface area contributed by atoms with Gasteiger partial charge >= 0.3 is 18.3 Å². The first-order valence-corrected chi connectivity index (χ1v) is 8.33. The Labute approximate surface area is 144 Å². The molecule has 0 saturated carbocycles. The number of carbonyl (C=O) groups is 1. The van der Waals surface area contributed by atoms with Gasteiger partial charge in [-0.3, -0.25) is 4.79 Å². The van der Waals surface area contributed by atoms with Gasteiger partial charge in [0.25, 0.3) is 0 Å². The molecule has 0 amide bonds. The van der Waals surface area contributed by atoms with Crippen LogP contribution < -0.4 is 5.32 Å². The van der Waals surface area contributed by atoms with Crippen LogP contribution in [0.1, 0.15) is 24.8 Å². The van der Waals surface area contributed by atoms with Gasteiger partial charge in [0.05, 0.1) is 13.0 Å². The molecule has 1 aliphatic heterocycles. The van der Waals surface area contributed by atoms with Gasteiger partial charge in [0.1, 0.15) is 0 Å². The van der Waals surface area contributed by atoms with E-state index in [0.29, 0.717) is 11.4 Å². The van der Waals surface area contributed by atoms with Gasteiger partial charge in [-0.25, -0.2) is 0 Å². The van der Waals surface area contributed by atoms with Crippen molar-refractivity contribution < 1.29 is 35.9 Å². The first-order valence-electron chi connectivity index (χ1n) is 7.34. The van der Waals surface area contributed by atoms with E-state index in [1.807, 2.05) is 0 Å². The van der Waals surface area contributed by atoms with Crippen LogP contribution in [-0.2, 0) is 9.53 Å². The molecule has 1 unspecified atom stereocenters. The minimum atomic E-state index is -5.42. The predicted octanol–water partition coefficient (Wildman–Crippen LogP) is 4.73. The largest absolute Gasteiger partial charge is 0.466 e. The highest BCUT2D eigenvalue weighted by Crippen LogP contribution is 2.48. The Balaban J connectivity index is 2.20. The molecule has 1 aliphatic rings. The summed E-state index contributed by atoms with van der Waals surface area (Å²) in [5.41, 5.74) is -0.450. The van der Waals surface area contributed by atoms with Crippen molar-refractivity contribution >= 4 is 23.4 Å². The number of hydrogen-bond acceptors (Lipinski definition) is 4. The number of esters is 1. The molecule has 140 valence electrons. The van der Waals surface area contributed by atoms with E-state index in [9.17, 15) is 31.1 Å². The summed E-state index contributed by atoms with van der Waals surface area (Å²) in [5, 5.41) is 2.95. The minimum absolute atomic E-state index is 0.0652. The molecule has 0 saturated heterocycles. The number of hydrogen-bond donors (Lipinski definition) is 1. The van der Waals surface area contributed by atoms with Crippen LogP contribution in [0.4, 0.5) is 32.0 Å². The van der Waals surface area contributed by atoms with Crippen LogP contribution >= 0.6 is 11.8 Å². The fraction of sp³-hybridized carbons (Fsp3) is 0.533. The van der Waals surface area contributed by atoms with Crippen molar-refractivity contribution in [1.82, 2.24) is 0 Å². The Morgan fingerprint density at radius 3 is 2.48 bits per heavy atom. The molecule has 0 aromatic heterocycles. The summed E-state index contributed by atoms with van der Waals surface area (Å²) in [6, 6.07) is 2.59. The minimum Gasteiger partial charge on any atom is -0.466 e. The van der Waals surface area contributed by atoms with Crippen LogP contribution in [-0.4, -0.2) is 36.7 Å². The van der Waals surface area contributed by atoms with Crippen LogP contribution in [0, 0.1) is 0 Å². The molecule has 0 spiro atoms. The number of anilines is 1. The van der Waals surface area contributed by atoms with Crippen molar-refractivity contribution in [2.75, 3.05) is 17.7 Å². The van der Waals surface area contributed by atoms with Crippen LogP contribution in [0.3, 0.4) is 0 Å². The third-order valence-electron chi connectivity index (χ3n) is 3.51. The smallest absolute Gasteiger partial charge is 0.404 e. The summed E-state index contributed by atoms with van der Waals surface area (Å²) in [6.45, 7) is 1.89. The Kier molecular flexibility index (Phi) is 5.80. The fourth-order valence-corrected chi connectivity index (χ4v) is 3.59. The maximum absolute atomic E-state index is 12.8. The van der Waals surface area contributed by atoms with Crippen LogP contribution in [0.25, 0.3) is 0 Å². The summed E-state index contributed by atoms with van der Waals surface area (Å²) < 4.78 is 81.7. The lowest BCUT2D eigenvalue weighted by molar-refractivity contribution is -0.253. The van der Waals surface area contributed by atoms with Crippen LogP contribution in [0.15, 0.2) is 23.1 Å². The lowest BCUT2D eigenvalue weighted by atomic mass is 9.97. The summed E-state index contributed by atoms with van der Waals surface area (Å²) in [6.07, 6.45) is -10.8. The van der Waals surface area contributed by atoms with E-state index in [2.05, 4.69) is 5.32 Å². The molecule has 1 aromatic carbocycles. The van der Waals surface area contributed by atoms with Crippen molar-refractivity contribution in [1.29, 1.82) is 0 Å². The number of rotatable bonds is 4. The number of halogens is 6. The first kappa shape index (κ1) is 19.7. The average Bonchev–Trinajstić information content (AvgIpc) is 2.44. The zero-order valence-corrected chi connectivity index (χ0v) is 13.8. The maximum Gasteiger partial charge on any atom is 0.404 e. The number of carbonyl (C=O) groups excluding carboxylic acids is 1. The molecule has 3 nitrogen and oxygen atoms in total. The first-order chi connectivity index (χ1) is 11.5. The second-order valence-electron chi connectivity index (χ2n) is 5.43. The summed E-state index contributed by atoms with van der Waals surface area (Å²) >= 11 is 1.10. The van der Waals surface area contributed by atoms with E-state index in [0.717, 1.165) is 23.9 Å². The molecule has 1 N–H and O–H groups in total. The van der Waals surface area contributed by atoms with E-state index in [-0.39, 0.29) is 24.0 Å². The SMILES string of the molecule is CCOC(=O)CC1CSc2cc(C(C(F)(F)F)C(F)(F)F)ccc2N1. The third-order valence-corrected chi connectivity index (χ3v) is 4.73. The zero-order valence-electron chi connectivity index (χ0n) is 13.0. The topological polar surface area (TPSA) is 38.3 Å². The van der Waals surface area contributed by atoms with Gasteiger partial charge in [-0.2, -0.15) is 26.3 Å². The Bertz CT molecular complexity index is 617. The lowest BCUT2D eigenvalue weighted by Gasteiger charge is -2.28. The van der Waals surface area contributed by atoms with Crippen molar-refractivity contribution in [3.8, 4) is 0 Å². The molecule has 0 fully saturated rings. The van der Waals surface area contributed by atoms with Gasteiger partial charge in [-0.05, 0) is 24.6 Å². The fourth-order valence-electron chi connectivity index (χ4n) is 2.50. The number of benzene rings is 1. The Morgan fingerprint density at radius 2 is 1.92 bits per heavy atom. The highest BCUT2D eigenvalue weighted by Gasteiger charge is 2.57. The maximum atomic E-state index is 12.8. The van der Waals surface area contributed by atoms with Crippen molar-refractivity contribution in [3.05, 3.63) is 23.8 Å². The second-order valence-corrected chi connectivity index (χ2v) is 6.50. The number of ether oxygens (including phenoxy) is 1. The molecule has 2 rings (SSSR count). The number of fused-ring (bicyclic) bond motifs is 1. The quantitative estimate of drug-likeness (QED) is 0.599. The standard InChI is InChI=1S/C15H15F6NO2S/c1-2-24-12(23)6-9-7-25-11-5-8(3-4-10(11)22-9)13(14(16,17)18)15(19,20)21/h3-5,9,13,22H,2,6-7H2,1H3. The molecule has 10 heteroatoms. The molecule has 1 atom stereocenters. The molecule has 0 radical (unpaired) electrons. The normalized spacial score (nSPS) is 17.8. The molecule has 1 aromatic rings. The number of nitrogens with one attached hydrogen (secondary N) is 1. The van der Waals surface area contributed by atoms with E-state index < -0.39 is 29.8 Å². The van der Waals surface area contributed by atoms with Crippen LogP contribution in [0.2, 0.25) is 0 Å². The molecule has 25 heavy (non-hydrogen) atoms. The lowest BCUT2D eigenvalue weighted by Crippen LogP contribution is -2.34. The summed E-state index contributed by atoms with van der Waals surface area (Å²) in [5.74, 6) is -3.61. The summed E-state index contributed by atoms with van der Waals surface area (Å²) in [4.78, 5) is 11.8. The predicted molar refractivity (Wildman–Crippen MR) is 80.7 cm³/mol. The molecular formula is C15H15F6NO2S. The average molecular weight is 387 g/mol. The van der Waals surface area contributed by atoms with Gasteiger partial charge in [-0.1, -0.05) is 6.07 Å². The Morgan fingerprint density at radius 1 is 1.28 bits per heavy atom. The highest BCUT2D eigenvalue weighted by atomic mass is 32.2. The van der Waals surface area contributed by atoms with Gasteiger partial charge in [0.2, 0.25) is 0 Å². The van der Waals surface area contributed by atoms with Gasteiger partial charge < -0.3 is 10.1 Å². The van der Waals surface area contributed by atoms with E-state index in [1.54, 1.807) is 6.92 Å². The van der Waals surface area contributed by atoms with Gasteiger partial charge in [0.15, 0.2) is 5.92 Å². The molecule has 1 heterocycles. The summed E-state index contributed by atoms with van der Waals surface area (Å²) in [7, 11) is 0. The Hall–Kier alpha value is -1.58. The van der Waals surface area contributed by atoms with E-state index in [1.165, 1.54) is 6.07 Å². The van der Waals surface area contributed by atoms with E-state index in [4.69, 9.17) is 4.74 Å². The molecular weight excluding hydrogens is 372 g/mol. The number of thioether (sulfide) groups is 1. The van der Waals surface area contributed by atoms with Crippen molar-refractivity contribution in [3.63, 3.8) is 0 Å². The van der Waals surface area contributed by atoms with Gasteiger partial charge in [0, 0.05) is 22.4 Å². The van der Waals surface area contributed by atoms with Crippen LogP contribution in [0.5, 0.6) is 0 Å². The molecule has 0 bridgehead atoms. The number of alkyl halides is 6. The second kappa shape index (κ2) is 7.35. The zero-order chi connectivity index (χ0) is 18.8. The highest BCUT2D eigenvalue weighted by molar-refractivity contribution is 7.99. The van der Waals surface area contributed by atoms with Gasteiger partial charge in [-0.15, -0.1) is 11.8 Å². The molecule has 0 aliphatic carbocycles. The monoisotopic (exact) mass is 387 g/mol.